The molecule has 0 spiro atoms. The molecule has 0 amide bonds. The second kappa shape index (κ2) is 5.20. The summed E-state index contributed by atoms with van der Waals surface area (Å²) in [5.41, 5.74) is 2.36. The highest BCUT2D eigenvalue weighted by Crippen LogP contribution is 2.31. The molecule has 2 aromatic heterocycles. The Morgan fingerprint density at radius 1 is 1.20 bits per heavy atom. The molecule has 0 atom stereocenters. The third-order valence-corrected chi connectivity index (χ3v) is 3.55. The van der Waals surface area contributed by atoms with E-state index in [1.807, 2.05) is 19.1 Å². The number of phenolic OH excluding ortho intramolecular Hbond substituents is 1. The van der Waals surface area contributed by atoms with Crippen molar-refractivity contribution in [2.75, 3.05) is 0 Å². The van der Waals surface area contributed by atoms with Crippen LogP contribution >= 0.6 is 22.6 Å². The van der Waals surface area contributed by atoms with Gasteiger partial charge in [0.15, 0.2) is 0 Å². The first-order chi connectivity index (χ1) is 9.65. The largest absolute Gasteiger partial charge is 0.507 e. The molecule has 3 aromatic rings. The summed E-state index contributed by atoms with van der Waals surface area (Å²) in [6.45, 7) is 1.93. The first kappa shape index (κ1) is 13.0. The van der Waals surface area contributed by atoms with E-state index in [9.17, 15) is 5.11 Å². The van der Waals surface area contributed by atoms with E-state index in [4.69, 9.17) is 4.52 Å². The van der Waals surface area contributed by atoms with Crippen LogP contribution < -0.4 is 0 Å². The van der Waals surface area contributed by atoms with Gasteiger partial charge in [-0.1, -0.05) is 5.16 Å². The average Bonchev–Trinajstić information content (AvgIpc) is 2.91. The van der Waals surface area contributed by atoms with Crippen molar-refractivity contribution in [3.63, 3.8) is 0 Å². The fourth-order valence-electron chi connectivity index (χ4n) is 1.85. The predicted molar refractivity (Wildman–Crippen MR) is 82.1 cm³/mol. The van der Waals surface area contributed by atoms with Crippen molar-refractivity contribution in [2.24, 2.45) is 0 Å². The van der Waals surface area contributed by atoms with Crippen LogP contribution in [0.3, 0.4) is 0 Å². The van der Waals surface area contributed by atoms with Crippen molar-refractivity contribution in [3.8, 4) is 28.6 Å². The van der Waals surface area contributed by atoms with Gasteiger partial charge in [0.05, 0.1) is 5.56 Å². The highest BCUT2D eigenvalue weighted by molar-refractivity contribution is 14.1. The van der Waals surface area contributed by atoms with Gasteiger partial charge >= 0.3 is 0 Å². The number of benzene rings is 1. The first-order valence-electron chi connectivity index (χ1n) is 5.89. The number of aromatic hydroxyl groups is 1. The minimum Gasteiger partial charge on any atom is -0.507 e. The molecular formula is C14H10IN3O2. The molecule has 0 bridgehead atoms. The Morgan fingerprint density at radius 2 is 2.05 bits per heavy atom. The summed E-state index contributed by atoms with van der Waals surface area (Å²) in [7, 11) is 0. The summed E-state index contributed by atoms with van der Waals surface area (Å²) in [4.78, 5) is 8.38. The number of halogens is 1. The van der Waals surface area contributed by atoms with E-state index in [2.05, 4.69) is 37.7 Å². The maximum Gasteiger partial charge on any atom is 0.262 e. The summed E-state index contributed by atoms with van der Waals surface area (Å²) >= 11 is 2.16. The molecule has 0 aliphatic heterocycles. The average molecular weight is 379 g/mol. The van der Waals surface area contributed by atoms with Crippen LogP contribution in [0.2, 0.25) is 0 Å². The maximum absolute atomic E-state index is 9.88. The summed E-state index contributed by atoms with van der Waals surface area (Å²) in [5, 5.41) is 13.8. The van der Waals surface area contributed by atoms with Crippen molar-refractivity contribution >= 4 is 22.6 Å². The van der Waals surface area contributed by atoms with E-state index in [0.717, 1.165) is 14.7 Å². The number of aromatic nitrogens is 3. The molecule has 0 saturated heterocycles. The zero-order chi connectivity index (χ0) is 14.1. The predicted octanol–water partition coefficient (Wildman–Crippen LogP) is 3.42. The minimum absolute atomic E-state index is 0.118. The van der Waals surface area contributed by atoms with Crippen molar-refractivity contribution in [2.45, 2.75) is 6.92 Å². The Balaban J connectivity index is 2.07. The molecule has 0 radical (unpaired) electrons. The normalized spacial score (nSPS) is 10.7. The lowest BCUT2D eigenvalue weighted by Crippen LogP contribution is -1.87. The highest BCUT2D eigenvalue weighted by atomic mass is 127. The molecule has 0 aliphatic carbocycles. The number of phenols is 1. The third kappa shape index (κ3) is 2.38. The Morgan fingerprint density at radius 3 is 2.85 bits per heavy atom. The zero-order valence-electron chi connectivity index (χ0n) is 10.5. The number of nitrogens with zero attached hydrogens (tertiary/aromatic N) is 3. The quantitative estimate of drug-likeness (QED) is 0.691. The Kier molecular flexibility index (Phi) is 3.39. The summed E-state index contributed by atoms with van der Waals surface area (Å²) < 4.78 is 6.23. The topological polar surface area (TPSA) is 72.0 Å². The van der Waals surface area contributed by atoms with Crippen LogP contribution in [0.1, 0.15) is 5.56 Å². The van der Waals surface area contributed by atoms with Crippen LogP contribution in [-0.4, -0.2) is 20.2 Å². The van der Waals surface area contributed by atoms with Crippen LogP contribution in [-0.2, 0) is 0 Å². The van der Waals surface area contributed by atoms with Crippen LogP contribution in [0.15, 0.2) is 41.2 Å². The first-order valence-corrected chi connectivity index (χ1v) is 6.96. The van der Waals surface area contributed by atoms with Gasteiger partial charge in [-0.05, 0) is 59.3 Å². The summed E-state index contributed by atoms with van der Waals surface area (Å²) in [5.74, 6) is 0.900. The van der Waals surface area contributed by atoms with E-state index >= 15 is 0 Å². The summed E-state index contributed by atoms with van der Waals surface area (Å²) in [6.07, 6.45) is 3.43. The molecule has 0 unspecified atom stereocenters. The fourth-order valence-corrected chi connectivity index (χ4v) is 2.34. The van der Waals surface area contributed by atoms with Gasteiger partial charge in [0, 0.05) is 21.5 Å². The molecule has 0 fully saturated rings. The monoisotopic (exact) mass is 379 g/mol. The van der Waals surface area contributed by atoms with Crippen LogP contribution in [0.25, 0.3) is 22.8 Å². The molecule has 100 valence electrons. The van der Waals surface area contributed by atoms with Gasteiger partial charge in [-0.25, -0.2) is 0 Å². The van der Waals surface area contributed by atoms with E-state index in [-0.39, 0.29) is 5.75 Å². The lowest BCUT2D eigenvalue weighted by Gasteiger charge is -1.99. The molecule has 1 aromatic carbocycles. The second-order valence-electron chi connectivity index (χ2n) is 4.28. The Bertz CT molecular complexity index is 771. The van der Waals surface area contributed by atoms with Gasteiger partial charge in [0.1, 0.15) is 5.75 Å². The molecule has 3 rings (SSSR count). The molecule has 20 heavy (non-hydrogen) atoms. The van der Waals surface area contributed by atoms with E-state index < -0.39 is 0 Å². The fraction of sp³-hybridized carbons (Fsp3) is 0.0714. The van der Waals surface area contributed by atoms with Crippen molar-refractivity contribution in [3.05, 3.63) is 45.8 Å². The number of rotatable bonds is 2. The number of pyridine rings is 1. The Hall–Kier alpha value is -1.96. The van der Waals surface area contributed by atoms with Crippen molar-refractivity contribution in [1.29, 1.82) is 0 Å². The van der Waals surface area contributed by atoms with Gasteiger partial charge < -0.3 is 9.63 Å². The lowest BCUT2D eigenvalue weighted by atomic mass is 10.1. The van der Waals surface area contributed by atoms with Crippen LogP contribution in [0.5, 0.6) is 5.75 Å². The maximum atomic E-state index is 9.88. The van der Waals surface area contributed by atoms with E-state index in [1.54, 1.807) is 24.5 Å². The molecule has 1 N–H and O–H groups in total. The second-order valence-corrected chi connectivity index (χ2v) is 5.52. The third-order valence-electron chi connectivity index (χ3n) is 2.88. The molecule has 0 saturated carbocycles. The molecular weight excluding hydrogens is 369 g/mol. The number of hydrogen-bond acceptors (Lipinski definition) is 5. The standard InChI is InChI=1S/C14H10IN3O2/c1-8-7-16-5-4-10(8)13-17-14(20-18-13)11-6-9(15)2-3-12(11)19/h2-7,19H,1H3. The van der Waals surface area contributed by atoms with Crippen LogP contribution in [0, 0.1) is 10.5 Å². The summed E-state index contributed by atoms with van der Waals surface area (Å²) in [6, 6.07) is 7.05. The zero-order valence-corrected chi connectivity index (χ0v) is 12.7. The smallest absolute Gasteiger partial charge is 0.262 e. The van der Waals surface area contributed by atoms with Gasteiger partial charge in [-0.2, -0.15) is 4.98 Å². The SMILES string of the molecule is Cc1cnccc1-c1noc(-c2cc(I)ccc2O)n1. The molecule has 6 heteroatoms. The Labute approximate surface area is 128 Å². The molecule has 5 nitrogen and oxygen atoms in total. The van der Waals surface area contributed by atoms with Gasteiger partial charge in [-0.15, -0.1) is 0 Å². The number of aryl methyl sites for hydroxylation is 1. The van der Waals surface area contributed by atoms with E-state index in [1.165, 1.54) is 0 Å². The van der Waals surface area contributed by atoms with Gasteiger partial charge in [-0.3, -0.25) is 4.98 Å². The molecule has 2 heterocycles. The number of hydrogen-bond donors (Lipinski definition) is 1. The highest BCUT2D eigenvalue weighted by Gasteiger charge is 2.15. The van der Waals surface area contributed by atoms with Crippen molar-refractivity contribution in [1.82, 2.24) is 15.1 Å². The van der Waals surface area contributed by atoms with Crippen LogP contribution in [0.4, 0.5) is 0 Å². The lowest BCUT2D eigenvalue weighted by molar-refractivity contribution is 0.425. The molecule has 0 aliphatic rings. The minimum atomic E-state index is 0.118. The van der Waals surface area contributed by atoms with Gasteiger partial charge in [0.25, 0.3) is 5.89 Å². The van der Waals surface area contributed by atoms with E-state index in [0.29, 0.717) is 17.3 Å². The van der Waals surface area contributed by atoms with Crippen molar-refractivity contribution < 1.29 is 9.63 Å². The van der Waals surface area contributed by atoms with Gasteiger partial charge in [0.2, 0.25) is 5.82 Å².